The van der Waals surface area contributed by atoms with E-state index in [-0.39, 0.29) is 0 Å². The van der Waals surface area contributed by atoms with Crippen molar-refractivity contribution in [2.75, 3.05) is 6.61 Å². The second-order valence-corrected chi connectivity index (χ2v) is 5.99. The van der Waals surface area contributed by atoms with E-state index in [0.717, 1.165) is 0 Å². The van der Waals surface area contributed by atoms with Gasteiger partial charge in [0.1, 0.15) is 6.61 Å². The molecular formula is C14H15F11O3. The minimum atomic E-state index is -6.44. The van der Waals surface area contributed by atoms with Gasteiger partial charge >= 0.3 is 18.1 Å². The third-order valence-electron chi connectivity index (χ3n) is 3.05. The first-order valence-electron chi connectivity index (χ1n) is 7.27. The van der Waals surface area contributed by atoms with E-state index in [2.05, 4.69) is 11.3 Å². The van der Waals surface area contributed by atoms with Gasteiger partial charge in [0.25, 0.3) is 17.8 Å². The lowest BCUT2D eigenvalue weighted by Gasteiger charge is -2.29. The van der Waals surface area contributed by atoms with E-state index in [9.17, 15) is 58.2 Å². The van der Waals surface area contributed by atoms with Crippen LogP contribution in [0, 0.1) is 0 Å². The molecule has 0 radical (unpaired) electrons. The molecule has 14 heteroatoms. The van der Waals surface area contributed by atoms with Crippen LogP contribution in [0.2, 0.25) is 0 Å². The fourth-order valence-corrected chi connectivity index (χ4v) is 2.02. The predicted molar refractivity (Wildman–Crippen MR) is 71.5 cm³/mol. The lowest BCUT2D eigenvalue weighted by atomic mass is 9.96. The van der Waals surface area contributed by atoms with E-state index in [1.807, 2.05) is 0 Å². The SMILES string of the molecule is C=CC(=O)OCC(O)CC(F)(F)CC(F)(F)CC(F)(F)CC(F)(F)C(F)(F)F. The van der Waals surface area contributed by atoms with Gasteiger partial charge in [-0.2, -0.15) is 22.0 Å². The van der Waals surface area contributed by atoms with Gasteiger partial charge in [-0.15, -0.1) is 0 Å². The van der Waals surface area contributed by atoms with Crippen molar-refractivity contribution in [2.45, 2.75) is 61.7 Å². The smallest absolute Gasteiger partial charge is 0.453 e. The molecule has 166 valence electrons. The molecule has 0 heterocycles. The fourth-order valence-electron chi connectivity index (χ4n) is 2.02. The van der Waals surface area contributed by atoms with Gasteiger partial charge in [-0.05, 0) is 0 Å². The molecule has 28 heavy (non-hydrogen) atoms. The Hall–Kier alpha value is -1.60. The standard InChI is InChI=1S/C14H15F11O3/c1-2-9(27)28-4-8(26)3-10(15,16)5-11(17,18)6-12(19,20)7-13(21,22)14(23,24)25/h2,8,26H,1,3-7H2. The van der Waals surface area contributed by atoms with Gasteiger partial charge in [-0.3, -0.25) is 0 Å². The summed E-state index contributed by atoms with van der Waals surface area (Å²) in [6.07, 6.45) is -18.8. The number of rotatable bonds is 11. The third kappa shape index (κ3) is 9.55. The van der Waals surface area contributed by atoms with Gasteiger partial charge in [-0.25, -0.2) is 31.1 Å². The summed E-state index contributed by atoms with van der Waals surface area (Å²) in [4.78, 5) is 10.7. The summed E-state index contributed by atoms with van der Waals surface area (Å²) in [5, 5.41) is 9.19. The van der Waals surface area contributed by atoms with Crippen molar-refractivity contribution in [2.24, 2.45) is 0 Å². The molecule has 1 atom stereocenters. The molecule has 0 amide bonds. The number of halogens is 11. The molecule has 0 bridgehead atoms. The Balaban J connectivity index is 4.95. The molecule has 1 unspecified atom stereocenters. The average Bonchev–Trinajstić information content (AvgIpc) is 2.38. The summed E-state index contributed by atoms with van der Waals surface area (Å²) in [5.41, 5.74) is 0. The van der Waals surface area contributed by atoms with Crippen molar-refractivity contribution in [1.82, 2.24) is 0 Å². The van der Waals surface area contributed by atoms with Crippen LogP contribution in [0.4, 0.5) is 48.3 Å². The van der Waals surface area contributed by atoms with Gasteiger partial charge < -0.3 is 9.84 Å². The van der Waals surface area contributed by atoms with E-state index in [4.69, 9.17) is 0 Å². The molecule has 0 aliphatic heterocycles. The molecule has 0 aromatic heterocycles. The zero-order chi connectivity index (χ0) is 22.6. The van der Waals surface area contributed by atoms with Gasteiger partial charge in [0.05, 0.1) is 25.4 Å². The predicted octanol–water partition coefficient (Wildman–Crippen LogP) is 4.74. The summed E-state index contributed by atoms with van der Waals surface area (Å²) >= 11 is 0. The summed E-state index contributed by atoms with van der Waals surface area (Å²) in [5.74, 6) is -22.1. The Kier molecular flexibility index (Phi) is 8.32. The quantitative estimate of drug-likeness (QED) is 0.287. The highest BCUT2D eigenvalue weighted by Crippen LogP contribution is 2.47. The third-order valence-corrected chi connectivity index (χ3v) is 3.05. The first-order chi connectivity index (χ1) is 12.2. The lowest BCUT2D eigenvalue weighted by Crippen LogP contribution is -2.44. The summed E-state index contributed by atoms with van der Waals surface area (Å²) in [6.45, 7) is 1.87. The maximum Gasteiger partial charge on any atom is 0.453 e. The monoisotopic (exact) mass is 440 g/mol. The van der Waals surface area contributed by atoms with Crippen molar-refractivity contribution < 1.29 is 62.9 Å². The average molecular weight is 440 g/mol. The minimum Gasteiger partial charge on any atom is -0.460 e. The molecule has 0 saturated carbocycles. The number of aliphatic hydroxyl groups excluding tert-OH is 1. The number of ether oxygens (including phenoxy) is 1. The van der Waals surface area contributed by atoms with Gasteiger partial charge in [0, 0.05) is 12.5 Å². The number of esters is 1. The Bertz CT molecular complexity index is 543. The summed E-state index contributed by atoms with van der Waals surface area (Å²) in [7, 11) is 0. The second-order valence-electron chi connectivity index (χ2n) is 5.99. The van der Waals surface area contributed by atoms with Crippen molar-refractivity contribution in [3.63, 3.8) is 0 Å². The number of hydrogen-bond donors (Lipinski definition) is 1. The summed E-state index contributed by atoms with van der Waals surface area (Å²) in [6, 6.07) is 0. The Labute approximate surface area is 151 Å². The molecule has 1 N–H and O–H groups in total. The molecule has 0 saturated heterocycles. The van der Waals surface area contributed by atoms with Crippen LogP contribution >= 0.6 is 0 Å². The largest absolute Gasteiger partial charge is 0.460 e. The number of carbonyl (C=O) groups excluding carboxylic acids is 1. The zero-order valence-corrected chi connectivity index (χ0v) is 13.8. The van der Waals surface area contributed by atoms with Crippen LogP contribution in [-0.2, 0) is 9.53 Å². The van der Waals surface area contributed by atoms with Crippen LogP contribution < -0.4 is 0 Å². The molecule has 0 fully saturated rings. The number of carbonyl (C=O) groups is 1. The van der Waals surface area contributed by atoms with Crippen molar-refractivity contribution in [3.8, 4) is 0 Å². The van der Waals surface area contributed by atoms with E-state index < -0.39 is 74.2 Å². The number of alkyl halides is 11. The molecule has 0 aliphatic rings. The van der Waals surface area contributed by atoms with Crippen molar-refractivity contribution in [3.05, 3.63) is 12.7 Å². The highest BCUT2D eigenvalue weighted by molar-refractivity contribution is 5.81. The van der Waals surface area contributed by atoms with Gasteiger partial charge in [-0.1, -0.05) is 6.58 Å². The van der Waals surface area contributed by atoms with E-state index in [0.29, 0.717) is 6.08 Å². The first-order valence-corrected chi connectivity index (χ1v) is 7.27. The topological polar surface area (TPSA) is 46.5 Å². The Morgan fingerprint density at radius 1 is 0.857 bits per heavy atom. The van der Waals surface area contributed by atoms with Crippen molar-refractivity contribution in [1.29, 1.82) is 0 Å². The maximum atomic E-state index is 13.5. The minimum absolute atomic E-state index is 0.595. The van der Waals surface area contributed by atoms with E-state index >= 15 is 0 Å². The first kappa shape index (κ1) is 26.4. The van der Waals surface area contributed by atoms with Crippen LogP contribution in [0.15, 0.2) is 12.7 Å². The number of aliphatic hydroxyl groups is 1. The molecule has 0 aliphatic carbocycles. The van der Waals surface area contributed by atoms with Crippen LogP contribution in [-0.4, -0.2) is 53.7 Å². The Morgan fingerprint density at radius 2 is 1.29 bits per heavy atom. The second kappa shape index (κ2) is 8.82. The van der Waals surface area contributed by atoms with Crippen LogP contribution in [0.3, 0.4) is 0 Å². The Morgan fingerprint density at radius 3 is 1.71 bits per heavy atom. The molecule has 0 spiro atoms. The van der Waals surface area contributed by atoms with Crippen LogP contribution in [0.5, 0.6) is 0 Å². The molecule has 0 aromatic carbocycles. The fraction of sp³-hybridized carbons (Fsp3) is 0.786. The number of hydrogen-bond acceptors (Lipinski definition) is 3. The lowest BCUT2D eigenvalue weighted by molar-refractivity contribution is -0.304. The normalized spacial score (nSPS) is 15.3. The zero-order valence-electron chi connectivity index (χ0n) is 13.8. The van der Waals surface area contributed by atoms with Gasteiger partial charge in [0.2, 0.25) is 0 Å². The molecule has 0 aromatic rings. The summed E-state index contributed by atoms with van der Waals surface area (Å²) < 4.78 is 145. The highest BCUT2D eigenvalue weighted by atomic mass is 19.4. The maximum absolute atomic E-state index is 13.5. The van der Waals surface area contributed by atoms with E-state index in [1.54, 1.807) is 0 Å². The van der Waals surface area contributed by atoms with Crippen LogP contribution in [0.1, 0.15) is 25.7 Å². The highest BCUT2D eigenvalue weighted by Gasteiger charge is 2.63. The molecular weight excluding hydrogens is 425 g/mol. The van der Waals surface area contributed by atoms with Crippen molar-refractivity contribution >= 4 is 5.97 Å². The molecule has 3 nitrogen and oxygen atoms in total. The van der Waals surface area contributed by atoms with E-state index in [1.165, 1.54) is 0 Å². The molecule has 0 rings (SSSR count). The van der Waals surface area contributed by atoms with Gasteiger partial charge in [0.15, 0.2) is 0 Å². The van der Waals surface area contributed by atoms with Crippen LogP contribution in [0.25, 0.3) is 0 Å².